The third-order valence-corrected chi connectivity index (χ3v) is 4.04. The van der Waals surface area contributed by atoms with E-state index in [1.807, 2.05) is 60.8 Å². The van der Waals surface area contributed by atoms with Crippen molar-refractivity contribution in [1.82, 2.24) is 4.98 Å². The summed E-state index contributed by atoms with van der Waals surface area (Å²) in [6.07, 6.45) is 7.85. The topological polar surface area (TPSA) is 44.9 Å². The van der Waals surface area contributed by atoms with Gasteiger partial charge in [0.15, 0.2) is 0 Å². The number of nitrogens with one attached hydrogen (secondary N) is 2. The van der Waals surface area contributed by atoms with Crippen LogP contribution in [0.2, 0.25) is 0 Å². The van der Waals surface area contributed by atoms with Crippen LogP contribution in [0.1, 0.15) is 22.4 Å². The first-order valence-corrected chi connectivity index (χ1v) is 7.84. The van der Waals surface area contributed by atoms with Crippen molar-refractivity contribution in [2.24, 2.45) is 0 Å². The summed E-state index contributed by atoms with van der Waals surface area (Å²) in [4.78, 5) is 15.5. The van der Waals surface area contributed by atoms with Gasteiger partial charge in [-0.25, -0.2) is 0 Å². The van der Waals surface area contributed by atoms with Crippen molar-refractivity contribution in [3.8, 4) is 0 Å². The molecule has 3 heteroatoms. The zero-order chi connectivity index (χ0) is 16.4. The van der Waals surface area contributed by atoms with Crippen molar-refractivity contribution in [3.05, 3.63) is 89.2 Å². The molecule has 0 fully saturated rings. The fraction of sp³-hybridized carbons (Fsp3) is 0. The number of hydrogen-bond donors (Lipinski definition) is 2. The molecule has 0 spiro atoms. The molecule has 3 aromatic rings. The van der Waals surface area contributed by atoms with Crippen LogP contribution in [0.5, 0.6) is 0 Å². The van der Waals surface area contributed by atoms with Crippen molar-refractivity contribution >= 4 is 35.4 Å². The Morgan fingerprint density at radius 1 is 0.833 bits per heavy atom. The molecule has 3 nitrogen and oxygen atoms in total. The molecule has 0 saturated carbocycles. The van der Waals surface area contributed by atoms with Gasteiger partial charge in [0.2, 0.25) is 0 Å². The number of aromatic nitrogens is 1. The van der Waals surface area contributed by atoms with Gasteiger partial charge in [-0.3, -0.25) is 4.79 Å². The number of fused-ring (bicyclic) bond motifs is 1. The van der Waals surface area contributed by atoms with Gasteiger partial charge in [0.25, 0.3) is 5.91 Å². The van der Waals surface area contributed by atoms with Crippen LogP contribution in [0, 0.1) is 0 Å². The Balaban J connectivity index is 1.78. The van der Waals surface area contributed by atoms with Gasteiger partial charge in [-0.2, -0.15) is 0 Å². The normalized spacial score (nSPS) is 15.0. The minimum atomic E-state index is -0.0693. The minimum Gasteiger partial charge on any atom is -0.362 e. The SMILES string of the molecule is O=C1Nc2cccc(/C=C/c3ccccc3)c2/C1=C/c1ccc[nH]1. The first-order chi connectivity index (χ1) is 11.8. The Labute approximate surface area is 140 Å². The largest absolute Gasteiger partial charge is 0.362 e. The Kier molecular flexibility index (Phi) is 3.60. The van der Waals surface area contributed by atoms with Crippen LogP contribution >= 0.6 is 0 Å². The summed E-state index contributed by atoms with van der Waals surface area (Å²) in [6.45, 7) is 0. The van der Waals surface area contributed by atoms with E-state index in [0.717, 1.165) is 28.1 Å². The second-order valence-electron chi connectivity index (χ2n) is 5.65. The molecule has 2 aromatic carbocycles. The Morgan fingerprint density at radius 3 is 2.50 bits per heavy atom. The Morgan fingerprint density at radius 2 is 1.71 bits per heavy atom. The molecule has 1 aliphatic rings. The van der Waals surface area contributed by atoms with Crippen molar-refractivity contribution in [2.45, 2.75) is 0 Å². The van der Waals surface area contributed by atoms with E-state index in [2.05, 4.69) is 34.6 Å². The zero-order valence-corrected chi connectivity index (χ0v) is 13.0. The quantitative estimate of drug-likeness (QED) is 0.535. The maximum atomic E-state index is 12.4. The third-order valence-electron chi connectivity index (χ3n) is 4.04. The summed E-state index contributed by atoms with van der Waals surface area (Å²) in [6, 6.07) is 19.9. The molecule has 0 aliphatic carbocycles. The molecule has 24 heavy (non-hydrogen) atoms. The predicted molar refractivity (Wildman–Crippen MR) is 99.1 cm³/mol. The lowest BCUT2D eigenvalue weighted by Crippen LogP contribution is -2.03. The molecule has 1 aliphatic heterocycles. The molecule has 4 rings (SSSR count). The molecule has 0 unspecified atom stereocenters. The highest BCUT2D eigenvalue weighted by Gasteiger charge is 2.26. The van der Waals surface area contributed by atoms with Crippen molar-refractivity contribution < 1.29 is 4.79 Å². The third kappa shape index (κ3) is 2.68. The van der Waals surface area contributed by atoms with Crippen LogP contribution in [-0.4, -0.2) is 10.9 Å². The van der Waals surface area contributed by atoms with Gasteiger partial charge >= 0.3 is 0 Å². The molecule has 2 N–H and O–H groups in total. The van der Waals surface area contributed by atoms with E-state index < -0.39 is 0 Å². The molecule has 0 atom stereocenters. The first-order valence-electron chi connectivity index (χ1n) is 7.84. The standard InChI is InChI=1S/C21H16N2O/c24-21-18(14-17-9-5-13-22-17)20-16(8-4-10-19(20)23-21)12-11-15-6-2-1-3-7-15/h1-14,22H,(H,23,24)/b12-11+,18-14-. The number of anilines is 1. The first kappa shape index (κ1) is 14.3. The van der Waals surface area contributed by atoms with Crippen LogP contribution in [0.3, 0.4) is 0 Å². The zero-order valence-electron chi connectivity index (χ0n) is 13.0. The van der Waals surface area contributed by atoms with Crippen molar-refractivity contribution in [2.75, 3.05) is 5.32 Å². The van der Waals surface area contributed by atoms with Crippen LogP contribution in [0.4, 0.5) is 5.69 Å². The summed E-state index contributed by atoms with van der Waals surface area (Å²) >= 11 is 0. The summed E-state index contributed by atoms with van der Waals surface area (Å²) in [5.74, 6) is -0.0693. The van der Waals surface area contributed by atoms with E-state index in [0.29, 0.717) is 5.57 Å². The molecule has 116 valence electrons. The van der Waals surface area contributed by atoms with Gasteiger partial charge in [0, 0.05) is 23.1 Å². The number of amides is 1. The number of hydrogen-bond acceptors (Lipinski definition) is 1. The lowest BCUT2D eigenvalue weighted by molar-refractivity contribution is -0.110. The molecule has 2 heterocycles. The fourth-order valence-corrected chi connectivity index (χ4v) is 2.89. The monoisotopic (exact) mass is 312 g/mol. The summed E-state index contributed by atoms with van der Waals surface area (Å²) in [5.41, 5.74) is 5.54. The second kappa shape index (κ2) is 6.05. The van der Waals surface area contributed by atoms with Gasteiger partial charge in [-0.15, -0.1) is 0 Å². The number of rotatable bonds is 3. The Bertz CT molecular complexity index is 935. The van der Waals surface area contributed by atoms with E-state index in [1.54, 1.807) is 0 Å². The van der Waals surface area contributed by atoms with E-state index in [1.165, 1.54) is 0 Å². The van der Waals surface area contributed by atoms with Crippen LogP contribution in [-0.2, 0) is 4.79 Å². The maximum absolute atomic E-state index is 12.4. The molecule has 1 aromatic heterocycles. The molecule has 0 radical (unpaired) electrons. The summed E-state index contributed by atoms with van der Waals surface area (Å²) < 4.78 is 0. The van der Waals surface area contributed by atoms with Crippen molar-refractivity contribution in [1.29, 1.82) is 0 Å². The van der Waals surface area contributed by atoms with Gasteiger partial charge in [-0.05, 0) is 35.4 Å². The number of aromatic amines is 1. The predicted octanol–water partition coefficient (Wildman–Crippen LogP) is 4.68. The van der Waals surface area contributed by atoms with Gasteiger partial charge in [0.05, 0.1) is 5.57 Å². The molecular formula is C21H16N2O. The van der Waals surface area contributed by atoms with Gasteiger partial charge in [0.1, 0.15) is 0 Å². The van der Waals surface area contributed by atoms with Gasteiger partial charge < -0.3 is 10.3 Å². The number of carbonyl (C=O) groups excluding carboxylic acids is 1. The van der Waals surface area contributed by atoms with E-state index >= 15 is 0 Å². The maximum Gasteiger partial charge on any atom is 0.256 e. The molecule has 0 bridgehead atoms. The van der Waals surface area contributed by atoms with Crippen LogP contribution < -0.4 is 5.32 Å². The van der Waals surface area contributed by atoms with Crippen LogP contribution in [0.15, 0.2) is 66.9 Å². The Hall–Kier alpha value is -3.33. The highest BCUT2D eigenvalue weighted by molar-refractivity contribution is 6.35. The van der Waals surface area contributed by atoms with Crippen molar-refractivity contribution in [3.63, 3.8) is 0 Å². The second-order valence-corrected chi connectivity index (χ2v) is 5.65. The number of benzene rings is 2. The molecular weight excluding hydrogens is 296 g/mol. The highest BCUT2D eigenvalue weighted by Crippen LogP contribution is 2.36. The van der Waals surface area contributed by atoms with Gasteiger partial charge in [-0.1, -0.05) is 54.6 Å². The van der Waals surface area contributed by atoms with Crippen LogP contribution in [0.25, 0.3) is 23.8 Å². The number of H-pyrrole nitrogens is 1. The lowest BCUT2D eigenvalue weighted by atomic mass is 9.98. The molecule has 0 saturated heterocycles. The highest BCUT2D eigenvalue weighted by atomic mass is 16.2. The van der Waals surface area contributed by atoms with E-state index in [9.17, 15) is 4.79 Å². The summed E-state index contributed by atoms with van der Waals surface area (Å²) in [5, 5.41) is 2.94. The molecule has 1 amide bonds. The minimum absolute atomic E-state index is 0.0693. The lowest BCUT2D eigenvalue weighted by Gasteiger charge is -2.04. The van der Waals surface area contributed by atoms with E-state index in [4.69, 9.17) is 0 Å². The average molecular weight is 312 g/mol. The fourth-order valence-electron chi connectivity index (χ4n) is 2.89. The van der Waals surface area contributed by atoms with E-state index in [-0.39, 0.29) is 5.91 Å². The average Bonchev–Trinajstić information content (AvgIpc) is 3.23. The summed E-state index contributed by atoms with van der Waals surface area (Å²) in [7, 11) is 0. The smallest absolute Gasteiger partial charge is 0.256 e. The number of carbonyl (C=O) groups is 1.